The Hall–Kier alpha value is -3.08. The summed E-state index contributed by atoms with van der Waals surface area (Å²) in [7, 11) is 1.35. The number of carbonyl (C=O) groups is 2. The number of anilines is 2. The molecule has 0 atom stereocenters. The first-order valence-corrected chi connectivity index (χ1v) is 8.69. The van der Waals surface area contributed by atoms with E-state index in [9.17, 15) is 9.59 Å². The van der Waals surface area contributed by atoms with Crippen LogP contribution >= 0.6 is 0 Å². The molecule has 0 saturated carbocycles. The van der Waals surface area contributed by atoms with Gasteiger partial charge in [-0.05, 0) is 48.7 Å². The van der Waals surface area contributed by atoms with Crippen molar-refractivity contribution in [3.63, 3.8) is 0 Å². The van der Waals surface area contributed by atoms with Crippen molar-refractivity contribution >= 4 is 29.3 Å². The molecule has 2 aromatic rings. The summed E-state index contributed by atoms with van der Waals surface area (Å²) >= 11 is 0. The Balaban J connectivity index is 1.65. The molecule has 2 aromatic carbocycles. The molecule has 1 fully saturated rings. The second kappa shape index (κ2) is 8.34. The summed E-state index contributed by atoms with van der Waals surface area (Å²) in [5.74, 6) is -0.564. The molecule has 3 rings (SSSR count). The summed E-state index contributed by atoms with van der Waals surface area (Å²) < 4.78 is 4.67. The minimum atomic E-state index is -0.378. The van der Waals surface area contributed by atoms with Crippen molar-refractivity contribution in [3.05, 3.63) is 65.7 Å². The molecule has 1 N–H and O–H groups in total. The molecule has 1 aliphatic heterocycles. The Kier molecular flexibility index (Phi) is 5.69. The lowest BCUT2D eigenvalue weighted by Crippen LogP contribution is -2.20. The molecule has 0 unspecified atom stereocenters. The van der Waals surface area contributed by atoms with Gasteiger partial charge in [-0.1, -0.05) is 24.3 Å². The standard InChI is InChI=1S/C21H22N2O3/c1-26-21(25)17-11-8-16(9-12-17)10-13-20(24)22-18-6-2-3-7-19(18)23-14-4-5-15-23/h2-3,6-13H,4-5,14-15H2,1H3,(H,22,24)/b13-10+. The van der Waals surface area contributed by atoms with Crippen LogP contribution < -0.4 is 10.2 Å². The fourth-order valence-corrected chi connectivity index (χ4v) is 3.01. The Morgan fingerprint density at radius 1 is 1.04 bits per heavy atom. The number of rotatable bonds is 5. The van der Waals surface area contributed by atoms with Gasteiger partial charge in [0.15, 0.2) is 0 Å². The molecule has 1 saturated heterocycles. The number of benzene rings is 2. The van der Waals surface area contributed by atoms with Gasteiger partial charge in [-0.2, -0.15) is 0 Å². The number of carbonyl (C=O) groups excluding carboxylic acids is 2. The second-order valence-corrected chi connectivity index (χ2v) is 6.15. The third-order valence-corrected chi connectivity index (χ3v) is 4.37. The first kappa shape index (κ1) is 17.7. The normalized spacial score (nSPS) is 13.8. The van der Waals surface area contributed by atoms with Gasteiger partial charge < -0.3 is 15.0 Å². The third-order valence-electron chi connectivity index (χ3n) is 4.37. The zero-order valence-corrected chi connectivity index (χ0v) is 14.8. The Bertz CT molecular complexity index is 806. The maximum Gasteiger partial charge on any atom is 0.337 e. The fraction of sp³-hybridized carbons (Fsp3) is 0.238. The van der Waals surface area contributed by atoms with Crippen LogP contribution in [0.5, 0.6) is 0 Å². The van der Waals surface area contributed by atoms with Gasteiger partial charge in [-0.3, -0.25) is 4.79 Å². The van der Waals surface area contributed by atoms with Crippen molar-refractivity contribution in [3.8, 4) is 0 Å². The number of esters is 1. The lowest BCUT2D eigenvalue weighted by Gasteiger charge is -2.21. The van der Waals surface area contributed by atoms with Gasteiger partial charge in [0.25, 0.3) is 0 Å². The van der Waals surface area contributed by atoms with Crippen LogP contribution in [0.15, 0.2) is 54.6 Å². The van der Waals surface area contributed by atoms with Crippen LogP contribution in [0.2, 0.25) is 0 Å². The summed E-state index contributed by atoms with van der Waals surface area (Å²) in [6.45, 7) is 2.05. The van der Waals surface area contributed by atoms with Crippen molar-refractivity contribution in [2.75, 3.05) is 30.4 Å². The van der Waals surface area contributed by atoms with Crippen LogP contribution in [0.25, 0.3) is 6.08 Å². The Morgan fingerprint density at radius 3 is 2.42 bits per heavy atom. The molecule has 1 amide bonds. The number of ether oxygens (including phenoxy) is 1. The summed E-state index contributed by atoms with van der Waals surface area (Å²) in [4.78, 5) is 26.0. The number of amides is 1. The van der Waals surface area contributed by atoms with E-state index in [2.05, 4.69) is 15.0 Å². The molecule has 0 radical (unpaired) electrons. The third kappa shape index (κ3) is 4.30. The molecule has 5 nitrogen and oxygen atoms in total. The van der Waals surface area contributed by atoms with Crippen molar-refractivity contribution in [1.82, 2.24) is 0 Å². The summed E-state index contributed by atoms with van der Waals surface area (Å²) in [5.41, 5.74) is 3.20. The number of nitrogens with one attached hydrogen (secondary N) is 1. The maximum absolute atomic E-state index is 12.3. The van der Waals surface area contributed by atoms with E-state index in [-0.39, 0.29) is 11.9 Å². The molecule has 5 heteroatoms. The first-order chi connectivity index (χ1) is 12.7. The lowest BCUT2D eigenvalue weighted by molar-refractivity contribution is -0.111. The van der Waals surface area contributed by atoms with Crippen LogP contribution in [0, 0.1) is 0 Å². The smallest absolute Gasteiger partial charge is 0.337 e. The zero-order valence-electron chi connectivity index (χ0n) is 14.8. The molecular formula is C21H22N2O3. The molecule has 1 aliphatic rings. The van der Waals surface area contributed by atoms with E-state index in [0.717, 1.165) is 30.0 Å². The van der Waals surface area contributed by atoms with E-state index < -0.39 is 0 Å². The summed E-state index contributed by atoms with van der Waals surface area (Å²) in [5, 5.41) is 2.95. The molecule has 0 aromatic heterocycles. The number of hydrogen-bond acceptors (Lipinski definition) is 4. The summed E-state index contributed by atoms with van der Waals surface area (Å²) in [6, 6.07) is 14.8. The van der Waals surface area contributed by atoms with Crippen LogP contribution in [0.1, 0.15) is 28.8 Å². The van der Waals surface area contributed by atoms with Crippen LogP contribution in [0.4, 0.5) is 11.4 Å². The Morgan fingerprint density at radius 2 is 1.73 bits per heavy atom. The highest BCUT2D eigenvalue weighted by molar-refractivity contribution is 6.03. The van der Waals surface area contributed by atoms with E-state index in [1.54, 1.807) is 30.3 Å². The van der Waals surface area contributed by atoms with Crippen LogP contribution in [-0.2, 0) is 9.53 Å². The van der Waals surface area contributed by atoms with Crippen molar-refractivity contribution in [1.29, 1.82) is 0 Å². The SMILES string of the molecule is COC(=O)c1ccc(/C=C/C(=O)Nc2ccccc2N2CCCC2)cc1. The van der Waals surface area contributed by atoms with E-state index >= 15 is 0 Å². The van der Waals surface area contributed by atoms with Gasteiger partial charge >= 0.3 is 5.97 Å². The second-order valence-electron chi connectivity index (χ2n) is 6.15. The summed E-state index contributed by atoms with van der Waals surface area (Å²) in [6.07, 6.45) is 5.58. The largest absolute Gasteiger partial charge is 0.465 e. The van der Waals surface area contributed by atoms with E-state index in [4.69, 9.17) is 0 Å². The van der Waals surface area contributed by atoms with Crippen molar-refractivity contribution in [2.45, 2.75) is 12.8 Å². The Labute approximate surface area is 153 Å². The fourth-order valence-electron chi connectivity index (χ4n) is 3.01. The van der Waals surface area contributed by atoms with Gasteiger partial charge in [0.05, 0.1) is 24.0 Å². The van der Waals surface area contributed by atoms with E-state index in [0.29, 0.717) is 5.56 Å². The van der Waals surface area contributed by atoms with Crippen molar-refractivity contribution < 1.29 is 14.3 Å². The highest BCUT2D eigenvalue weighted by atomic mass is 16.5. The number of hydrogen-bond donors (Lipinski definition) is 1. The molecular weight excluding hydrogens is 328 g/mol. The highest BCUT2D eigenvalue weighted by Crippen LogP contribution is 2.28. The number of nitrogens with zero attached hydrogens (tertiary/aromatic N) is 1. The number of methoxy groups -OCH3 is 1. The predicted molar refractivity (Wildman–Crippen MR) is 103 cm³/mol. The van der Waals surface area contributed by atoms with Gasteiger partial charge in [-0.15, -0.1) is 0 Å². The quantitative estimate of drug-likeness (QED) is 0.659. The zero-order chi connectivity index (χ0) is 18.4. The van der Waals surface area contributed by atoms with Gasteiger partial charge in [0.1, 0.15) is 0 Å². The van der Waals surface area contributed by atoms with Gasteiger partial charge in [0, 0.05) is 19.2 Å². The lowest BCUT2D eigenvalue weighted by atomic mass is 10.1. The molecule has 0 spiro atoms. The monoisotopic (exact) mass is 350 g/mol. The molecule has 0 aliphatic carbocycles. The molecule has 26 heavy (non-hydrogen) atoms. The minimum Gasteiger partial charge on any atom is -0.465 e. The van der Waals surface area contributed by atoms with E-state index in [1.807, 2.05) is 24.3 Å². The van der Waals surface area contributed by atoms with Crippen LogP contribution in [-0.4, -0.2) is 32.1 Å². The predicted octanol–water partition coefficient (Wildman–Crippen LogP) is 3.73. The maximum atomic E-state index is 12.3. The average Bonchev–Trinajstić information content (AvgIpc) is 3.21. The van der Waals surface area contributed by atoms with E-state index in [1.165, 1.54) is 26.0 Å². The first-order valence-electron chi connectivity index (χ1n) is 8.69. The highest BCUT2D eigenvalue weighted by Gasteiger charge is 2.15. The molecule has 0 bridgehead atoms. The topological polar surface area (TPSA) is 58.6 Å². The minimum absolute atomic E-state index is 0.186. The molecule has 1 heterocycles. The van der Waals surface area contributed by atoms with Crippen molar-refractivity contribution in [2.24, 2.45) is 0 Å². The van der Waals surface area contributed by atoms with Gasteiger partial charge in [0.2, 0.25) is 5.91 Å². The van der Waals surface area contributed by atoms with Gasteiger partial charge in [-0.25, -0.2) is 4.79 Å². The number of para-hydroxylation sites is 2. The van der Waals surface area contributed by atoms with Crippen LogP contribution in [0.3, 0.4) is 0 Å². The average molecular weight is 350 g/mol. The molecule has 134 valence electrons.